The number of rotatable bonds is 5. The average molecular weight is 347 g/mol. The highest BCUT2D eigenvalue weighted by Gasteiger charge is 2.33. The van der Waals surface area contributed by atoms with Crippen molar-refractivity contribution in [1.29, 1.82) is 0 Å². The minimum Gasteiger partial charge on any atom is -0.384 e. The average Bonchev–Trinajstić information content (AvgIpc) is 2.55. The third-order valence-electron chi connectivity index (χ3n) is 3.20. The molecule has 130 valence electrons. The third-order valence-corrected chi connectivity index (χ3v) is 3.20. The maximum atomic E-state index is 12.9. The molecule has 0 aliphatic heterocycles. The van der Waals surface area contributed by atoms with E-state index in [0.717, 1.165) is 11.8 Å². The van der Waals surface area contributed by atoms with E-state index in [-0.39, 0.29) is 11.4 Å². The van der Waals surface area contributed by atoms with Crippen molar-refractivity contribution in [3.05, 3.63) is 78.0 Å². The maximum absolute atomic E-state index is 12.9. The van der Waals surface area contributed by atoms with E-state index in [1.165, 1.54) is 30.5 Å². The van der Waals surface area contributed by atoms with Crippen LogP contribution in [0.2, 0.25) is 0 Å². The van der Waals surface area contributed by atoms with E-state index in [4.69, 9.17) is 5.73 Å². The number of halogens is 3. The van der Waals surface area contributed by atoms with Crippen LogP contribution >= 0.6 is 0 Å². The molecule has 0 aliphatic carbocycles. The number of anilines is 1. The van der Waals surface area contributed by atoms with Crippen LogP contribution in [-0.2, 0) is 17.4 Å². The van der Waals surface area contributed by atoms with Gasteiger partial charge in [-0.1, -0.05) is 36.4 Å². The Bertz CT molecular complexity index is 784. The normalized spacial score (nSPS) is 12.4. The molecule has 1 amide bonds. The number of nitrogens with zero attached hydrogens (tertiary/aromatic N) is 1. The van der Waals surface area contributed by atoms with Gasteiger partial charge in [0.25, 0.3) is 5.91 Å². The largest absolute Gasteiger partial charge is 0.416 e. The zero-order valence-electron chi connectivity index (χ0n) is 13.1. The lowest BCUT2D eigenvalue weighted by atomic mass is 10.0. The van der Waals surface area contributed by atoms with Crippen molar-refractivity contribution in [2.75, 3.05) is 5.32 Å². The molecule has 0 aromatic heterocycles. The number of carbonyl (C=O) groups is 1. The zero-order valence-corrected chi connectivity index (χ0v) is 13.1. The van der Waals surface area contributed by atoms with Gasteiger partial charge in [-0.25, -0.2) is 0 Å². The van der Waals surface area contributed by atoms with Gasteiger partial charge in [0.2, 0.25) is 0 Å². The Balaban J connectivity index is 2.00. The summed E-state index contributed by atoms with van der Waals surface area (Å²) >= 11 is 0. The van der Waals surface area contributed by atoms with E-state index in [9.17, 15) is 18.0 Å². The molecule has 0 unspecified atom stereocenters. The summed E-state index contributed by atoms with van der Waals surface area (Å²) < 4.78 is 38.7. The fourth-order valence-electron chi connectivity index (χ4n) is 2.09. The summed E-state index contributed by atoms with van der Waals surface area (Å²) in [5.41, 5.74) is 5.43. The molecule has 0 spiro atoms. The predicted molar refractivity (Wildman–Crippen MR) is 91.0 cm³/mol. The van der Waals surface area contributed by atoms with Gasteiger partial charge in [0, 0.05) is 11.9 Å². The molecule has 2 aromatic carbocycles. The van der Waals surface area contributed by atoms with Gasteiger partial charge in [0.1, 0.15) is 5.84 Å². The Labute approximate surface area is 142 Å². The number of hydrogen-bond acceptors (Lipinski definition) is 2. The van der Waals surface area contributed by atoms with Crippen molar-refractivity contribution in [1.82, 2.24) is 0 Å². The SMILES string of the molecule is NC(/C=C\Nc1ccccc1)=NC(=O)Cc1ccccc1C(F)(F)F. The second-order valence-electron chi connectivity index (χ2n) is 5.11. The summed E-state index contributed by atoms with van der Waals surface area (Å²) in [5.74, 6) is -0.850. The molecular formula is C18H16F3N3O. The molecule has 0 fully saturated rings. The van der Waals surface area contributed by atoms with Crippen LogP contribution < -0.4 is 11.1 Å². The Hall–Kier alpha value is -3.09. The highest BCUT2D eigenvalue weighted by molar-refractivity contribution is 6.00. The number of para-hydroxylation sites is 1. The molecule has 0 radical (unpaired) electrons. The number of aliphatic imine (C=N–C) groups is 1. The zero-order chi connectivity index (χ0) is 18.3. The van der Waals surface area contributed by atoms with Crippen LogP contribution in [0.15, 0.2) is 71.9 Å². The van der Waals surface area contributed by atoms with E-state index < -0.39 is 24.1 Å². The number of amidine groups is 1. The van der Waals surface area contributed by atoms with Crippen molar-refractivity contribution >= 4 is 17.4 Å². The summed E-state index contributed by atoms with van der Waals surface area (Å²) in [5, 5.41) is 2.93. The molecular weight excluding hydrogens is 331 g/mol. The van der Waals surface area contributed by atoms with Gasteiger partial charge in [-0.3, -0.25) is 4.79 Å². The van der Waals surface area contributed by atoms with E-state index >= 15 is 0 Å². The van der Waals surface area contributed by atoms with Crippen molar-refractivity contribution < 1.29 is 18.0 Å². The lowest BCUT2D eigenvalue weighted by molar-refractivity contribution is -0.138. The Morgan fingerprint density at radius 1 is 1.08 bits per heavy atom. The molecule has 0 atom stereocenters. The van der Waals surface area contributed by atoms with Gasteiger partial charge in [0.15, 0.2) is 0 Å². The summed E-state index contributed by atoms with van der Waals surface area (Å²) in [6.45, 7) is 0. The molecule has 0 saturated carbocycles. The van der Waals surface area contributed by atoms with Crippen LogP contribution in [0.3, 0.4) is 0 Å². The highest BCUT2D eigenvalue weighted by Crippen LogP contribution is 2.32. The number of benzene rings is 2. The lowest BCUT2D eigenvalue weighted by Gasteiger charge is -2.11. The number of nitrogens with one attached hydrogen (secondary N) is 1. The Morgan fingerprint density at radius 3 is 2.40 bits per heavy atom. The number of hydrogen-bond donors (Lipinski definition) is 2. The van der Waals surface area contributed by atoms with E-state index in [2.05, 4.69) is 10.3 Å². The standard InChI is InChI=1S/C18H16F3N3O/c19-18(20,21)15-9-5-4-6-13(15)12-17(25)24-16(22)10-11-23-14-7-2-1-3-8-14/h1-11,23H,12H2,(H2,22,24,25)/b11-10-. The van der Waals surface area contributed by atoms with Crippen LogP contribution in [0.5, 0.6) is 0 Å². The number of nitrogens with two attached hydrogens (primary N) is 1. The molecule has 7 heteroatoms. The second kappa shape index (κ2) is 8.14. The van der Waals surface area contributed by atoms with Gasteiger partial charge in [-0.15, -0.1) is 0 Å². The van der Waals surface area contributed by atoms with Crippen molar-refractivity contribution in [3.8, 4) is 0 Å². The van der Waals surface area contributed by atoms with Crippen LogP contribution in [0.1, 0.15) is 11.1 Å². The van der Waals surface area contributed by atoms with Crippen LogP contribution in [0, 0.1) is 0 Å². The molecule has 0 saturated heterocycles. The molecule has 0 bridgehead atoms. The van der Waals surface area contributed by atoms with Crippen molar-refractivity contribution in [2.24, 2.45) is 10.7 Å². The third kappa shape index (κ3) is 5.80. The number of carbonyl (C=O) groups excluding carboxylic acids is 1. The Kier molecular flexibility index (Phi) is 5.94. The summed E-state index contributed by atoms with van der Waals surface area (Å²) in [6.07, 6.45) is -2.15. The van der Waals surface area contributed by atoms with Gasteiger partial charge < -0.3 is 11.1 Å². The Morgan fingerprint density at radius 2 is 1.72 bits per heavy atom. The van der Waals surface area contributed by atoms with Crippen molar-refractivity contribution in [3.63, 3.8) is 0 Å². The molecule has 25 heavy (non-hydrogen) atoms. The first-order valence-corrected chi connectivity index (χ1v) is 7.36. The first-order chi connectivity index (χ1) is 11.9. The highest BCUT2D eigenvalue weighted by atomic mass is 19.4. The van der Waals surface area contributed by atoms with Crippen LogP contribution in [0.25, 0.3) is 0 Å². The monoisotopic (exact) mass is 347 g/mol. The van der Waals surface area contributed by atoms with Gasteiger partial charge >= 0.3 is 6.18 Å². The van der Waals surface area contributed by atoms with Gasteiger partial charge in [-0.2, -0.15) is 18.2 Å². The summed E-state index contributed by atoms with van der Waals surface area (Å²) in [7, 11) is 0. The van der Waals surface area contributed by atoms with Crippen LogP contribution in [0.4, 0.5) is 18.9 Å². The molecule has 2 aromatic rings. The van der Waals surface area contributed by atoms with E-state index in [1.54, 1.807) is 0 Å². The lowest BCUT2D eigenvalue weighted by Crippen LogP contribution is -2.15. The maximum Gasteiger partial charge on any atom is 0.416 e. The topological polar surface area (TPSA) is 67.5 Å². The first kappa shape index (κ1) is 18.3. The summed E-state index contributed by atoms with van der Waals surface area (Å²) in [6, 6.07) is 14.1. The number of alkyl halides is 3. The summed E-state index contributed by atoms with van der Waals surface area (Å²) in [4.78, 5) is 15.4. The smallest absolute Gasteiger partial charge is 0.384 e. The fraction of sp³-hybridized carbons (Fsp3) is 0.111. The molecule has 3 N–H and O–H groups in total. The minimum absolute atomic E-state index is 0.0991. The van der Waals surface area contributed by atoms with Crippen molar-refractivity contribution in [2.45, 2.75) is 12.6 Å². The van der Waals surface area contributed by atoms with E-state index in [0.29, 0.717) is 0 Å². The minimum atomic E-state index is -4.52. The van der Waals surface area contributed by atoms with E-state index in [1.807, 2.05) is 30.3 Å². The second-order valence-corrected chi connectivity index (χ2v) is 5.11. The fourth-order valence-corrected chi connectivity index (χ4v) is 2.09. The molecule has 0 aliphatic rings. The van der Waals surface area contributed by atoms with Gasteiger partial charge in [-0.05, 0) is 29.8 Å². The van der Waals surface area contributed by atoms with Gasteiger partial charge in [0.05, 0.1) is 12.0 Å². The van der Waals surface area contributed by atoms with Crippen LogP contribution in [-0.4, -0.2) is 11.7 Å². The molecule has 2 rings (SSSR count). The molecule has 4 nitrogen and oxygen atoms in total. The quantitative estimate of drug-likeness (QED) is 0.639. The predicted octanol–water partition coefficient (Wildman–Crippen LogP) is 3.76. The number of amides is 1. The first-order valence-electron chi connectivity index (χ1n) is 7.36. The molecule has 0 heterocycles.